The number of fused-ring (bicyclic) bond motifs is 1. The van der Waals surface area contributed by atoms with E-state index >= 15 is 0 Å². The van der Waals surface area contributed by atoms with Crippen molar-refractivity contribution in [2.45, 2.75) is 32.9 Å². The second-order valence-electron chi connectivity index (χ2n) is 5.44. The van der Waals surface area contributed by atoms with Gasteiger partial charge in [0.2, 0.25) is 0 Å². The lowest BCUT2D eigenvalue weighted by Crippen LogP contribution is -2.24. The summed E-state index contributed by atoms with van der Waals surface area (Å²) in [6.07, 6.45) is 4.07. The summed E-state index contributed by atoms with van der Waals surface area (Å²) in [6.45, 7) is 4.07. The summed E-state index contributed by atoms with van der Waals surface area (Å²) in [6, 6.07) is 10.7. The first kappa shape index (κ1) is 13.1. The molecule has 0 unspecified atom stereocenters. The van der Waals surface area contributed by atoms with Gasteiger partial charge in [0.15, 0.2) is 0 Å². The molecule has 3 nitrogen and oxygen atoms in total. The Labute approximate surface area is 119 Å². The summed E-state index contributed by atoms with van der Waals surface area (Å²) < 4.78 is 0. The van der Waals surface area contributed by atoms with Gasteiger partial charge in [-0.25, -0.2) is 4.98 Å². The average molecular weight is 268 g/mol. The maximum atomic E-state index is 9.18. The molecule has 104 valence electrons. The molecule has 1 aromatic carbocycles. The number of aliphatic hydroxyl groups excluding tert-OH is 1. The van der Waals surface area contributed by atoms with Gasteiger partial charge in [-0.05, 0) is 48.1 Å². The molecule has 20 heavy (non-hydrogen) atoms. The van der Waals surface area contributed by atoms with Gasteiger partial charge in [-0.3, -0.25) is 0 Å². The fourth-order valence-corrected chi connectivity index (χ4v) is 2.92. The first-order valence-corrected chi connectivity index (χ1v) is 7.16. The van der Waals surface area contributed by atoms with E-state index in [0.717, 1.165) is 42.9 Å². The van der Waals surface area contributed by atoms with Crippen molar-refractivity contribution in [3.05, 3.63) is 58.8 Å². The van der Waals surface area contributed by atoms with Crippen LogP contribution in [0.3, 0.4) is 0 Å². The van der Waals surface area contributed by atoms with E-state index in [4.69, 9.17) is 0 Å². The van der Waals surface area contributed by atoms with Gasteiger partial charge in [-0.2, -0.15) is 0 Å². The van der Waals surface area contributed by atoms with Crippen LogP contribution in [0.15, 0.2) is 36.5 Å². The molecule has 0 spiro atoms. The molecule has 2 aromatic rings. The van der Waals surface area contributed by atoms with Crippen LogP contribution in [0.1, 0.15) is 28.7 Å². The van der Waals surface area contributed by atoms with Crippen LogP contribution in [-0.2, 0) is 19.6 Å². The number of anilines is 1. The van der Waals surface area contributed by atoms with Crippen LogP contribution in [0.5, 0.6) is 0 Å². The number of benzene rings is 1. The molecule has 0 saturated carbocycles. The van der Waals surface area contributed by atoms with Crippen molar-refractivity contribution >= 4 is 5.82 Å². The van der Waals surface area contributed by atoms with Crippen molar-refractivity contribution in [3.63, 3.8) is 0 Å². The maximum Gasteiger partial charge on any atom is 0.131 e. The van der Waals surface area contributed by atoms with Gasteiger partial charge in [0, 0.05) is 19.3 Å². The Morgan fingerprint density at radius 3 is 2.80 bits per heavy atom. The second-order valence-corrected chi connectivity index (χ2v) is 5.44. The standard InChI is InChI=1S/C17H20N2O/c1-13-9-14(12-20)10-18-17(13)19-8-4-7-15-5-2-3-6-16(15)11-19/h2-3,5-6,9-10,20H,4,7-8,11-12H2,1H3. The number of hydrogen-bond acceptors (Lipinski definition) is 3. The molecule has 0 radical (unpaired) electrons. The van der Waals surface area contributed by atoms with Crippen molar-refractivity contribution in [2.24, 2.45) is 0 Å². The molecule has 1 aromatic heterocycles. The predicted molar refractivity (Wildman–Crippen MR) is 80.7 cm³/mol. The molecular formula is C17H20N2O. The summed E-state index contributed by atoms with van der Waals surface area (Å²) in [5.74, 6) is 1.04. The van der Waals surface area contributed by atoms with Crippen molar-refractivity contribution < 1.29 is 5.11 Å². The van der Waals surface area contributed by atoms with Gasteiger partial charge in [0.25, 0.3) is 0 Å². The van der Waals surface area contributed by atoms with E-state index in [1.807, 2.05) is 6.07 Å². The molecule has 3 rings (SSSR count). The van der Waals surface area contributed by atoms with Crippen molar-refractivity contribution in [1.82, 2.24) is 4.98 Å². The minimum absolute atomic E-state index is 0.0525. The molecule has 0 bridgehead atoms. The lowest BCUT2D eigenvalue weighted by atomic mass is 10.0. The largest absolute Gasteiger partial charge is 0.392 e. The zero-order chi connectivity index (χ0) is 13.9. The molecule has 0 aliphatic carbocycles. The Balaban J connectivity index is 1.91. The number of pyridine rings is 1. The topological polar surface area (TPSA) is 36.4 Å². The minimum Gasteiger partial charge on any atom is -0.392 e. The average Bonchev–Trinajstić information content (AvgIpc) is 2.69. The van der Waals surface area contributed by atoms with E-state index in [-0.39, 0.29) is 6.61 Å². The summed E-state index contributed by atoms with van der Waals surface area (Å²) in [5, 5.41) is 9.18. The Morgan fingerprint density at radius 2 is 2.05 bits per heavy atom. The Morgan fingerprint density at radius 1 is 1.25 bits per heavy atom. The van der Waals surface area contributed by atoms with Gasteiger partial charge in [0.1, 0.15) is 5.82 Å². The highest BCUT2D eigenvalue weighted by molar-refractivity contribution is 5.49. The highest BCUT2D eigenvalue weighted by atomic mass is 16.3. The fourth-order valence-electron chi connectivity index (χ4n) is 2.92. The number of aliphatic hydroxyl groups is 1. The first-order chi connectivity index (χ1) is 9.78. The number of aryl methyl sites for hydroxylation is 2. The molecule has 3 heteroatoms. The maximum absolute atomic E-state index is 9.18. The van der Waals surface area contributed by atoms with Gasteiger partial charge < -0.3 is 10.0 Å². The van der Waals surface area contributed by atoms with Crippen LogP contribution in [-0.4, -0.2) is 16.6 Å². The third kappa shape index (κ3) is 2.54. The first-order valence-electron chi connectivity index (χ1n) is 7.16. The molecule has 2 heterocycles. The van der Waals surface area contributed by atoms with Gasteiger partial charge in [-0.15, -0.1) is 0 Å². The molecule has 0 atom stereocenters. The number of aromatic nitrogens is 1. The summed E-state index contributed by atoms with van der Waals surface area (Å²) in [5.41, 5.74) is 4.87. The van der Waals surface area contributed by atoms with Crippen molar-refractivity contribution in [1.29, 1.82) is 0 Å². The van der Waals surface area contributed by atoms with Crippen LogP contribution >= 0.6 is 0 Å². The fraction of sp³-hybridized carbons (Fsp3) is 0.353. The highest BCUT2D eigenvalue weighted by Gasteiger charge is 2.16. The molecule has 0 saturated heterocycles. The normalized spacial score (nSPS) is 14.8. The molecule has 1 aliphatic heterocycles. The van der Waals surface area contributed by atoms with Crippen molar-refractivity contribution in [3.8, 4) is 0 Å². The van der Waals surface area contributed by atoms with Crippen LogP contribution in [0.2, 0.25) is 0 Å². The third-order valence-electron chi connectivity index (χ3n) is 3.94. The Kier molecular flexibility index (Phi) is 3.70. The summed E-state index contributed by atoms with van der Waals surface area (Å²) >= 11 is 0. The number of hydrogen-bond donors (Lipinski definition) is 1. The van der Waals surface area contributed by atoms with E-state index in [2.05, 4.69) is 41.1 Å². The van der Waals surface area contributed by atoms with Crippen molar-refractivity contribution in [2.75, 3.05) is 11.4 Å². The zero-order valence-electron chi connectivity index (χ0n) is 11.8. The summed E-state index contributed by atoms with van der Waals surface area (Å²) in [7, 11) is 0. The zero-order valence-corrected chi connectivity index (χ0v) is 11.8. The lowest BCUT2D eigenvalue weighted by molar-refractivity contribution is 0.281. The third-order valence-corrected chi connectivity index (χ3v) is 3.94. The monoisotopic (exact) mass is 268 g/mol. The van der Waals surface area contributed by atoms with E-state index < -0.39 is 0 Å². The lowest BCUT2D eigenvalue weighted by Gasteiger charge is -2.24. The van der Waals surface area contributed by atoms with Gasteiger partial charge >= 0.3 is 0 Å². The molecule has 0 amide bonds. The molecule has 1 N–H and O–H groups in total. The predicted octanol–water partition coefficient (Wildman–Crippen LogP) is 2.84. The molecular weight excluding hydrogens is 248 g/mol. The van der Waals surface area contributed by atoms with Crippen LogP contribution in [0.25, 0.3) is 0 Å². The van der Waals surface area contributed by atoms with Crippen LogP contribution < -0.4 is 4.90 Å². The quantitative estimate of drug-likeness (QED) is 0.910. The van der Waals surface area contributed by atoms with Gasteiger partial charge in [0.05, 0.1) is 6.61 Å². The Bertz CT molecular complexity index is 610. The smallest absolute Gasteiger partial charge is 0.131 e. The van der Waals surface area contributed by atoms with E-state index in [1.165, 1.54) is 11.1 Å². The highest BCUT2D eigenvalue weighted by Crippen LogP contribution is 2.25. The second kappa shape index (κ2) is 5.63. The van der Waals surface area contributed by atoms with E-state index in [1.54, 1.807) is 6.20 Å². The summed E-state index contributed by atoms with van der Waals surface area (Å²) in [4.78, 5) is 6.90. The van der Waals surface area contributed by atoms with Gasteiger partial charge in [-0.1, -0.05) is 24.3 Å². The van der Waals surface area contributed by atoms with E-state index in [9.17, 15) is 5.11 Å². The SMILES string of the molecule is Cc1cc(CO)cnc1N1CCCc2ccccc2C1. The number of nitrogens with zero attached hydrogens (tertiary/aromatic N) is 2. The molecule has 1 aliphatic rings. The van der Waals surface area contributed by atoms with E-state index in [0.29, 0.717) is 0 Å². The van der Waals surface area contributed by atoms with Crippen LogP contribution in [0.4, 0.5) is 5.82 Å². The Hall–Kier alpha value is -1.87. The molecule has 0 fully saturated rings. The van der Waals surface area contributed by atoms with Crippen LogP contribution in [0, 0.1) is 6.92 Å². The minimum atomic E-state index is 0.0525. The number of rotatable bonds is 2.